The maximum absolute atomic E-state index is 14.4. The van der Waals surface area contributed by atoms with Crippen molar-refractivity contribution in [2.75, 3.05) is 0 Å². The van der Waals surface area contributed by atoms with Gasteiger partial charge in [-0.25, -0.2) is 23.1 Å². The first-order valence-electron chi connectivity index (χ1n) is 7.53. The topological polar surface area (TPSA) is 74.7 Å². The van der Waals surface area contributed by atoms with Gasteiger partial charge in [-0.1, -0.05) is 13.0 Å². The van der Waals surface area contributed by atoms with Gasteiger partial charge in [-0.15, -0.1) is 0 Å². The molecule has 25 heavy (non-hydrogen) atoms. The summed E-state index contributed by atoms with van der Waals surface area (Å²) in [6, 6.07) is 4.47. The first kappa shape index (κ1) is 17.1. The third-order valence-electron chi connectivity index (χ3n) is 4.24. The zero-order valence-corrected chi connectivity index (χ0v) is 13.2. The highest BCUT2D eigenvalue weighted by atomic mass is 19.1. The molecule has 130 valence electrons. The quantitative estimate of drug-likeness (QED) is 0.744. The number of aromatic nitrogens is 4. The normalized spacial score (nSPS) is 14.9. The molecule has 0 amide bonds. The minimum atomic E-state index is -1.89. The number of H-pyrrole nitrogens is 1. The standard InChI is InChI=1S/C17H15F3N4O/c1-10(16-15(20)8-21-9-22-16)17(25,7-12-4-5-23-24-12)13-3-2-11(18)6-14(13)19/h2-6,8-10,25H,7H2,1H3,(H,23,24)/t10-,17+/m0/s1. The van der Waals surface area contributed by atoms with Gasteiger partial charge in [-0.3, -0.25) is 5.10 Å². The van der Waals surface area contributed by atoms with Gasteiger partial charge in [0.25, 0.3) is 0 Å². The number of aliphatic hydroxyl groups is 1. The molecule has 0 aliphatic heterocycles. The molecule has 0 unspecified atom stereocenters. The molecule has 0 spiro atoms. The van der Waals surface area contributed by atoms with Gasteiger partial charge in [0.05, 0.1) is 11.9 Å². The lowest BCUT2D eigenvalue weighted by Gasteiger charge is -2.34. The van der Waals surface area contributed by atoms with Crippen LogP contribution in [-0.4, -0.2) is 25.3 Å². The van der Waals surface area contributed by atoms with Gasteiger partial charge in [-0.05, 0) is 12.1 Å². The summed E-state index contributed by atoms with van der Waals surface area (Å²) < 4.78 is 41.8. The number of nitrogens with zero attached hydrogens (tertiary/aromatic N) is 3. The molecule has 0 saturated heterocycles. The lowest BCUT2D eigenvalue weighted by atomic mass is 9.77. The number of rotatable bonds is 5. The van der Waals surface area contributed by atoms with Gasteiger partial charge in [0.2, 0.25) is 0 Å². The molecule has 0 radical (unpaired) electrons. The highest BCUT2D eigenvalue weighted by Gasteiger charge is 2.41. The van der Waals surface area contributed by atoms with E-state index in [-0.39, 0.29) is 17.7 Å². The largest absolute Gasteiger partial charge is 0.384 e. The van der Waals surface area contributed by atoms with Crippen LogP contribution < -0.4 is 0 Å². The highest BCUT2D eigenvalue weighted by molar-refractivity contribution is 5.31. The predicted octanol–water partition coefficient (Wildman–Crippen LogP) is 2.85. The summed E-state index contributed by atoms with van der Waals surface area (Å²) in [6.45, 7) is 1.52. The van der Waals surface area contributed by atoms with Gasteiger partial charge in [0.1, 0.15) is 23.6 Å². The molecular weight excluding hydrogens is 333 g/mol. The van der Waals surface area contributed by atoms with Crippen LogP contribution in [0, 0.1) is 17.5 Å². The van der Waals surface area contributed by atoms with Gasteiger partial charge in [0, 0.05) is 35.9 Å². The molecule has 5 nitrogen and oxygen atoms in total. The van der Waals surface area contributed by atoms with E-state index in [1.807, 2.05) is 0 Å². The lowest BCUT2D eigenvalue weighted by Crippen LogP contribution is -2.37. The Bertz CT molecular complexity index is 872. The van der Waals surface area contributed by atoms with Crippen molar-refractivity contribution in [3.8, 4) is 0 Å². The maximum atomic E-state index is 14.4. The molecule has 2 heterocycles. The van der Waals surface area contributed by atoms with Gasteiger partial charge in [-0.2, -0.15) is 5.10 Å². The van der Waals surface area contributed by atoms with Crippen LogP contribution in [0.15, 0.2) is 43.0 Å². The second-order valence-corrected chi connectivity index (χ2v) is 5.78. The van der Waals surface area contributed by atoms with Crippen LogP contribution in [0.2, 0.25) is 0 Å². The first-order chi connectivity index (χ1) is 11.9. The van der Waals surface area contributed by atoms with E-state index in [2.05, 4.69) is 20.2 Å². The minimum Gasteiger partial charge on any atom is -0.384 e. The fourth-order valence-electron chi connectivity index (χ4n) is 2.86. The van der Waals surface area contributed by atoms with Crippen molar-refractivity contribution >= 4 is 0 Å². The molecule has 0 aliphatic rings. The van der Waals surface area contributed by atoms with Crippen LogP contribution in [0.25, 0.3) is 0 Å². The van der Waals surface area contributed by atoms with Crippen molar-refractivity contribution < 1.29 is 18.3 Å². The van der Waals surface area contributed by atoms with Crippen molar-refractivity contribution in [3.05, 3.63) is 77.4 Å². The smallest absolute Gasteiger partial charge is 0.163 e. The van der Waals surface area contributed by atoms with E-state index in [9.17, 15) is 18.3 Å². The van der Waals surface area contributed by atoms with Gasteiger partial charge >= 0.3 is 0 Å². The first-order valence-corrected chi connectivity index (χ1v) is 7.53. The summed E-state index contributed by atoms with van der Waals surface area (Å²) in [6.07, 6.45) is 3.50. The molecule has 0 fully saturated rings. The van der Waals surface area contributed by atoms with Crippen LogP contribution in [0.3, 0.4) is 0 Å². The van der Waals surface area contributed by atoms with Crippen LogP contribution >= 0.6 is 0 Å². The van der Waals surface area contributed by atoms with Crippen LogP contribution in [-0.2, 0) is 12.0 Å². The van der Waals surface area contributed by atoms with Crippen LogP contribution in [0.4, 0.5) is 13.2 Å². The summed E-state index contributed by atoms with van der Waals surface area (Å²) in [4.78, 5) is 7.46. The molecule has 0 bridgehead atoms. The van der Waals surface area contributed by atoms with E-state index >= 15 is 0 Å². The molecule has 0 aliphatic carbocycles. The van der Waals surface area contributed by atoms with E-state index in [1.54, 1.807) is 6.07 Å². The summed E-state index contributed by atoms with van der Waals surface area (Å²) in [5.41, 5.74) is -1.61. The monoisotopic (exact) mass is 348 g/mol. The Kier molecular flexibility index (Phi) is 4.54. The zero-order valence-electron chi connectivity index (χ0n) is 13.2. The minimum absolute atomic E-state index is 0.0688. The second kappa shape index (κ2) is 6.64. The molecule has 2 aromatic heterocycles. The van der Waals surface area contributed by atoms with Crippen LogP contribution in [0.1, 0.15) is 29.8 Å². The molecule has 1 aromatic carbocycles. The van der Waals surface area contributed by atoms with Gasteiger partial charge in [0.15, 0.2) is 5.82 Å². The highest BCUT2D eigenvalue weighted by Crippen LogP contribution is 2.40. The fraction of sp³-hybridized carbons (Fsp3) is 0.235. The third kappa shape index (κ3) is 3.25. The number of halogens is 3. The lowest BCUT2D eigenvalue weighted by molar-refractivity contribution is 0.00592. The Labute approximate surface area is 141 Å². The number of hydrogen-bond acceptors (Lipinski definition) is 4. The SMILES string of the molecule is C[C@@H](c1ncncc1F)[C@](O)(Cc1ccn[nH]1)c1ccc(F)cc1F. The molecule has 2 atom stereocenters. The van der Waals surface area contributed by atoms with Crippen molar-refractivity contribution in [1.29, 1.82) is 0 Å². The van der Waals surface area contributed by atoms with Crippen LogP contribution in [0.5, 0.6) is 0 Å². The summed E-state index contributed by atoms with van der Waals surface area (Å²) in [7, 11) is 0. The summed E-state index contributed by atoms with van der Waals surface area (Å²) in [5, 5.41) is 17.8. The predicted molar refractivity (Wildman–Crippen MR) is 83.0 cm³/mol. The fourth-order valence-corrected chi connectivity index (χ4v) is 2.86. The molecule has 8 heteroatoms. The average Bonchev–Trinajstić information content (AvgIpc) is 3.07. The number of nitrogens with one attached hydrogen (secondary N) is 1. The molecule has 3 aromatic rings. The van der Waals surface area contributed by atoms with Crippen molar-refractivity contribution in [2.45, 2.75) is 24.9 Å². The Morgan fingerprint density at radius 1 is 1.20 bits per heavy atom. The zero-order chi connectivity index (χ0) is 18.0. The van der Waals surface area contributed by atoms with Crippen molar-refractivity contribution in [1.82, 2.24) is 20.2 Å². The van der Waals surface area contributed by atoms with Crippen molar-refractivity contribution in [3.63, 3.8) is 0 Å². The van der Waals surface area contributed by atoms with E-state index in [1.165, 1.54) is 13.1 Å². The maximum Gasteiger partial charge on any atom is 0.163 e. The van der Waals surface area contributed by atoms with E-state index < -0.39 is 29.0 Å². The van der Waals surface area contributed by atoms with E-state index in [0.717, 1.165) is 24.7 Å². The molecule has 2 N–H and O–H groups in total. The average molecular weight is 348 g/mol. The summed E-state index contributed by atoms with van der Waals surface area (Å²) >= 11 is 0. The number of hydrogen-bond donors (Lipinski definition) is 2. The van der Waals surface area contributed by atoms with E-state index in [0.29, 0.717) is 11.8 Å². The number of benzene rings is 1. The second-order valence-electron chi connectivity index (χ2n) is 5.78. The number of aromatic amines is 1. The summed E-state index contributed by atoms with van der Waals surface area (Å²) in [5.74, 6) is -3.37. The Balaban J connectivity index is 2.13. The Morgan fingerprint density at radius 3 is 2.64 bits per heavy atom. The van der Waals surface area contributed by atoms with Gasteiger partial charge < -0.3 is 5.11 Å². The molecule has 3 rings (SSSR count). The molecule has 0 saturated carbocycles. The van der Waals surface area contributed by atoms with Crippen molar-refractivity contribution in [2.24, 2.45) is 0 Å². The molecular formula is C17H15F3N4O. The van der Waals surface area contributed by atoms with E-state index in [4.69, 9.17) is 0 Å². The Morgan fingerprint density at radius 2 is 2.00 bits per heavy atom. The Hall–Kier alpha value is -2.74. The third-order valence-corrected chi connectivity index (χ3v) is 4.24.